The third-order valence-electron chi connectivity index (χ3n) is 0.932. The van der Waals surface area contributed by atoms with Crippen molar-refractivity contribution < 1.29 is 0 Å². The van der Waals surface area contributed by atoms with Gasteiger partial charge in [-0.25, -0.2) is 0 Å². The summed E-state index contributed by atoms with van der Waals surface area (Å²) in [4.78, 5) is 0. The maximum absolute atomic E-state index is 3.58. The van der Waals surface area contributed by atoms with Gasteiger partial charge in [0.1, 0.15) is 0 Å². The van der Waals surface area contributed by atoms with Gasteiger partial charge in [-0.05, 0) is 25.0 Å². The van der Waals surface area contributed by atoms with Gasteiger partial charge in [-0.15, -0.1) is 0 Å². The molecule has 0 radical (unpaired) electrons. The summed E-state index contributed by atoms with van der Waals surface area (Å²) in [5.74, 6) is 0.833. The maximum Gasteiger partial charge on any atom is 0.0334 e. The van der Waals surface area contributed by atoms with Crippen LogP contribution in [0.15, 0.2) is 36.6 Å². The van der Waals surface area contributed by atoms with Crippen LogP contribution in [-0.4, -0.2) is 7.05 Å². The number of allylic oxidation sites excluding steroid dienone is 4. The first-order valence-electron chi connectivity index (χ1n) is 4.71. The van der Waals surface area contributed by atoms with Crippen molar-refractivity contribution in [3.05, 3.63) is 36.6 Å². The molecule has 1 N–H and O–H groups in total. The van der Waals surface area contributed by atoms with Crippen molar-refractivity contribution in [3.8, 4) is 0 Å². The molecule has 0 aromatic rings. The number of hydrogen-bond acceptors (Lipinski definition) is 1. The third kappa shape index (κ3) is 18.2. The summed E-state index contributed by atoms with van der Waals surface area (Å²) in [6.07, 6.45) is 7.64. The van der Waals surface area contributed by atoms with Crippen LogP contribution in [0.4, 0.5) is 0 Å². The standard InChI is InChI=1S/C8H13N.C4H10/c1-4-6-8(9-3)7-5-2;1-4(2)3/h4-7,9H,1H2,2-3H3;4H,1-3H3/b7-5-,8-6+;. The highest BCUT2D eigenvalue weighted by Gasteiger charge is 1.78. The number of rotatable bonds is 3. The van der Waals surface area contributed by atoms with Crippen LogP contribution in [0, 0.1) is 5.92 Å². The molecule has 13 heavy (non-hydrogen) atoms. The maximum atomic E-state index is 3.58. The van der Waals surface area contributed by atoms with Crippen LogP contribution in [0.3, 0.4) is 0 Å². The Kier molecular flexibility index (Phi) is 12.3. The molecule has 1 heteroatoms. The van der Waals surface area contributed by atoms with E-state index in [4.69, 9.17) is 0 Å². The molecule has 0 unspecified atom stereocenters. The second-order valence-electron chi connectivity index (χ2n) is 3.34. The van der Waals surface area contributed by atoms with Crippen LogP contribution in [0.1, 0.15) is 27.7 Å². The largest absolute Gasteiger partial charge is 0.388 e. The van der Waals surface area contributed by atoms with Gasteiger partial charge in [0, 0.05) is 12.7 Å². The van der Waals surface area contributed by atoms with Gasteiger partial charge in [-0.3, -0.25) is 0 Å². The van der Waals surface area contributed by atoms with Crippen LogP contribution < -0.4 is 5.32 Å². The highest BCUT2D eigenvalue weighted by molar-refractivity contribution is 5.20. The zero-order chi connectivity index (χ0) is 10.7. The minimum atomic E-state index is 0.833. The molecule has 0 saturated heterocycles. The molecule has 0 aromatic heterocycles. The van der Waals surface area contributed by atoms with Gasteiger partial charge >= 0.3 is 0 Å². The first kappa shape index (κ1) is 14.5. The van der Waals surface area contributed by atoms with E-state index in [9.17, 15) is 0 Å². The first-order chi connectivity index (χ1) is 6.08. The van der Waals surface area contributed by atoms with Crippen LogP contribution in [0.5, 0.6) is 0 Å². The lowest BCUT2D eigenvalue weighted by Gasteiger charge is -1.95. The molecule has 0 amide bonds. The van der Waals surface area contributed by atoms with E-state index in [0.717, 1.165) is 11.6 Å². The first-order valence-corrected chi connectivity index (χ1v) is 4.71. The van der Waals surface area contributed by atoms with Gasteiger partial charge in [-0.2, -0.15) is 0 Å². The van der Waals surface area contributed by atoms with Gasteiger partial charge in [0.05, 0.1) is 0 Å². The Morgan fingerprint density at radius 1 is 1.31 bits per heavy atom. The molecular formula is C12H23N. The lowest BCUT2D eigenvalue weighted by atomic mass is 10.3. The lowest BCUT2D eigenvalue weighted by Crippen LogP contribution is -2.01. The summed E-state index contributed by atoms with van der Waals surface area (Å²) in [6, 6.07) is 0. The predicted octanol–water partition coefficient (Wildman–Crippen LogP) is 3.51. The Balaban J connectivity index is 0. The number of nitrogens with one attached hydrogen (secondary N) is 1. The molecule has 0 saturated carbocycles. The van der Waals surface area contributed by atoms with Crippen molar-refractivity contribution >= 4 is 0 Å². The van der Waals surface area contributed by atoms with Crippen molar-refractivity contribution in [1.82, 2.24) is 5.32 Å². The van der Waals surface area contributed by atoms with Crippen molar-refractivity contribution in [2.24, 2.45) is 5.92 Å². The Morgan fingerprint density at radius 3 is 2.00 bits per heavy atom. The van der Waals surface area contributed by atoms with E-state index < -0.39 is 0 Å². The Labute approximate surface area is 83.2 Å². The van der Waals surface area contributed by atoms with Gasteiger partial charge in [-0.1, -0.05) is 39.5 Å². The summed E-state index contributed by atoms with van der Waals surface area (Å²) >= 11 is 0. The molecule has 0 fully saturated rings. The predicted molar refractivity (Wildman–Crippen MR) is 62.7 cm³/mol. The van der Waals surface area contributed by atoms with Crippen LogP contribution in [-0.2, 0) is 0 Å². The fourth-order valence-corrected chi connectivity index (χ4v) is 0.529. The minimum absolute atomic E-state index is 0.833. The molecule has 0 atom stereocenters. The van der Waals surface area contributed by atoms with Crippen LogP contribution in [0.25, 0.3) is 0 Å². The van der Waals surface area contributed by atoms with E-state index in [1.54, 1.807) is 6.08 Å². The summed E-state index contributed by atoms with van der Waals surface area (Å²) < 4.78 is 0. The van der Waals surface area contributed by atoms with Crippen molar-refractivity contribution in [3.63, 3.8) is 0 Å². The molecule has 0 rings (SSSR count). The zero-order valence-electron chi connectivity index (χ0n) is 9.59. The molecule has 76 valence electrons. The highest BCUT2D eigenvalue weighted by atomic mass is 14.8. The van der Waals surface area contributed by atoms with Gasteiger partial charge < -0.3 is 5.32 Å². The summed E-state index contributed by atoms with van der Waals surface area (Å²) in [7, 11) is 1.88. The quantitative estimate of drug-likeness (QED) is 0.657. The average molecular weight is 181 g/mol. The summed E-state index contributed by atoms with van der Waals surface area (Å²) in [5.41, 5.74) is 1.08. The van der Waals surface area contributed by atoms with E-state index in [1.165, 1.54) is 0 Å². The molecule has 0 aliphatic carbocycles. The molecule has 0 spiro atoms. The molecule has 0 aromatic carbocycles. The Morgan fingerprint density at radius 2 is 1.77 bits per heavy atom. The fourth-order valence-electron chi connectivity index (χ4n) is 0.529. The molecular weight excluding hydrogens is 158 g/mol. The van der Waals surface area contributed by atoms with Crippen molar-refractivity contribution in [1.29, 1.82) is 0 Å². The normalized spacial score (nSPS) is 11.1. The average Bonchev–Trinajstić information content (AvgIpc) is 2.03. The monoisotopic (exact) mass is 181 g/mol. The van der Waals surface area contributed by atoms with E-state index in [-0.39, 0.29) is 0 Å². The second kappa shape index (κ2) is 11.0. The van der Waals surface area contributed by atoms with Crippen LogP contribution in [0.2, 0.25) is 0 Å². The van der Waals surface area contributed by atoms with E-state index in [1.807, 2.05) is 32.2 Å². The van der Waals surface area contributed by atoms with Gasteiger partial charge in [0.15, 0.2) is 0 Å². The Bertz CT molecular complexity index is 161. The third-order valence-corrected chi connectivity index (χ3v) is 0.932. The topological polar surface area (TPSA) is 12.0 Å². The minimum Gasteiger partial charge on any atom is -0.388 e. The van der Waals surface area contributed by atoms with Gasteiger partial charge in [0.2, 0.25) is 0 Å². The lowest BCUT2D eigenvalue weighted by molar-refractivity contribution is 0.737. The SMILES string of the molecule is C=C/C=C(\C=C/C)NC.CC(C)C. The zero-order valence-corrected chi connectivity index (χ0v) is 9.59. The summed E-state index contributed by atoms with van der Waals surface area (Å²) in [5, 5.41) is 3.01. The van der Waals surface area contributed by atoms with Crippen molar-refractivity contribution in [2.45, 2.75) is 27.7 Å². The van der Waals surface area contributed by atoms with Crippen molar-refractivity contribution in [2.75, 3.05) is 7.05 Å². The highest BCUT2D eigenvalue weighted by Crippen LogP contribution is 1.89. The Hall–Kier alpha value is -0.980. The second-order valence-corrected chi connectivity index (χ2v) is 3.34. The molecule has 0 aliphatic rings. The van der Waals surface area contributed by atoms with Crippen LogP contribution >= 0.6 is 0 Å². The van der Waals surface area contributed by atoms with E-state index >= 15 is 0 Å². The number of likely N-dealkylation sites (N-methyl/N-ethyl adjacent to an activating group) is 1. The summed E-state index contributed by atoms with van der Waals surface area (Å²) in [6.45, 7) is 12.1. The smallest absolute Gasteiger partial charge is 0.0334 e. The van der Waals surface area contributed by atoms with E-state index in [2.05, 4.69) is 32.7 Å². The number of hydrogen-bond donors (Lipinski definition) is 1. The molecule has 0 heterocycles. The molecule has 0 aliphatic heterocycles. The van der Waals surface area contributed by atoms with E-state index in [0.29, 0.717) is 0 Å². The molecule has 1 nitrogen and oxygen atoms in total. The molecule has 0 bridgehead atoms. The fraction of sp³-hybridized carbons (Fsp3) is 0.500. The van der Waals surface area contributed by atoms with Gasteiger partial charge in [0.25, 0.3) is 0 Å².